The number of aliphatic imine (C=N–C) groups is 1. The lowest BCUT2D eigenvalue weighted by Gasteiger charge is -2.23. The molecule has 0 aromatic heterocycles. The van der Waals surface area contributed by atoms with E-state index in [1.807, 2.05) is 18.1 Å². The number of fused-ring (bicyclic) bond motifs is 1. The maximum absolute atomic E-state index is 4.23. The summed E-state index contributed by atoms with van der Waals surface area (Å²) in [5, 5.41) is 3.30. The molecule has 2 aliphatic rings. The van der Waals surface area contributed by atoms with E-state index in [0.29, 0.717) is 6.04 Å². The number of nitrogens with zero attached hydrogens (tertiary/aromatic N) is 2. The van der Waals surface area contributed by atoms with Gasteiger partial charge < -0.3 is 10.2 Å². The van der Waals surface area contributed by atoms with E-state index < -0.39 is 0 Å². The van der Waals surface area contributed by atoms with Crippen molar-refractivity contribution >= 4 is 23.8 Å². The van der Waals surface area contributed by atoms with Gasteiger partial charge in [0, 0.05) is 23.7 Å². The Hall–Kier alpha value is -1.16. The van der Waals surface area contributed by atoms with Gasteiger partial charge in [0.1, 0.15) is 0 Å². The number of benzene rings is 1. The minimum Gasteiger partial charge on any atom is -0.370 e. The van der Waals surface area contributed by atoms with Gasteiger partial charge in [0.2, 0.25) is 0 Å². The summed E-state index contributed by atoms with van der Waals surface area (Å²) < 4.78 is 0. The fraction of sp³-hybridized carbons (Fsp3) is 0.462. The Morgan fingerprint density at radius 2 is 2.47 bits per heavy atom. The van der Waals surface area contributed by atoms with E-state index in [1.54, 1.807) is 0 Å². The highest BCUT2D eigenvalue weighted by atomic mass is 32.2. The van der Waals surface area contributed by atoms with Crippen molar-refractivity contribution in [1.82, 2.24) is 5.32 Å². The molecule has 0 amide bonds. The van der Waals surface area contributed by atoms with Gasteiger partial charge in [0.05, 0.1) is 18.9 Å². The average molecular weight is 247 g/mol. The van der Waals surface area contributed by atoms with E-state index >= 15 is 0 Å². The summed E-state index contributed by atoms with van der Waals surface area (Å²) in [6, 6.07) is 7.31. The SMILES string of the molecule is CSc1ccc2c(c1)N(CC1CN=CN1)CC2. The average Bonchev–Trinajstić information content (AvgIpc) is 2.99. The lowest BCUT2D eigenvalue weighted by atomic mass is 10.2. The number of rotatable bonds is 3. The summed E-state index contributed by atoms with van der Waals surface area (Å²) >= 11 is 1.81. The highest BCUT2D eigenvalue weighted by Crippen LogP contribution is 2.31. The molecule has 0 bridgehead atoms. The van der Waals surface area contributed by atoms with E-state index in [1.165, 1.54) is 22.6 Å². The van der Waals surface area contributed by atoms with Crippen molar-refractivity contribution in [3.8, 4) is 0 Å². The van der Waals surface area contributed by atoms with Gasteiger partial charge in [-0.15, -0.1) is 11.8 Å². The normalized spacial score (nSPS) is 21.7. The van der Waals surface area contributed by atoms with Crippen molar-refractivity contribution in [2.75, 3.05) is 30.8 Å². The molecule has 1 unspecified atom stereocenters. The third kappa shape index (κ3) is 2.14. The zero-order chi connectivity index (χ0) is 11.7. The van der Waals surface area contributed by atoms with Crippen molar-refractivity contribution < 1.29 is 0 Å². The topological polar surface area (TPSA) is 27.6 Å². The first kappa shape index (κ1) is 11.0. The fourth-order valence-corrected chi connectivity index (χ4v) is 2.94. The Morgan fingerprint density at radius 3 is 3.24 bits per heavy atom. The van der Waals surface area contributed by atoms with E-state index in [2.05, 4.69) is 39.7 Å². The number of hydrogen-bond donors (Lipinski definition) is 1. The highest BCUT2D eigenvalue weighted by molar-refractivity contribution is 7.98. The zero-order valence-electron chi connectivity index (χ0n) is 10.0. The molecule has 0 spiro atoms. The molecule has 2 heterocycles. The van der Waals surface area contributed by atoms with Crippen LogP contribution in [0.3, 0.4) is 0 Å². The molecule has 0 fully saturated rings. The van der Waals surface area contributed by atoms with Crippen molar-refractivity contribution in [2.45, 2.75) is 17.4 Å². The standard InChI is InChI=1S/C13H17N3S/c1-17-12-3-2-10-4-5-16(13(10)6-12)8-11-7-14-9-15-11/h2-3,6,9,11H,4-5,7-8H2,1H3,(H,14,15). The van der Waals surface area contributed by atoms with Gasteiger partial charge >= 0.3 is 0 Å². The Kier molecular flexibility index (Phi) is 2.97. The van der Waals surface area contributed by atoms with Crippen LogP contribution in [0.4, 0.5) is 5.69 Å². The highest BCUT2D eigenvalue weighted by Gasteiger charge is 2.22. The maximum atomic E-state index is 4.23. The molecule has 1 aromatic rings. The lowest BCUT2D eigenvalue weighted by Crippen LogP contribution is -2.38. The minimum absolute atomic E-state index is 0.485. The van der Waals surface area contributed by atoms with Crippen molar-refractivity contribution in [2.24, 2.45) is 4.99 Å². The third-order valence-corrected chi connectivity index (χ3v) is 4.18. The van der Waals surface area contributed by atoms with E-state index in [0.717, 1.165) is 19.6 Å². The smallest absolute Gasteiger partial charge is 0.0828 e. The van der Waals surface area contributed by atoms with Gasteiger partial charge in [0.25, 0.3) is 0 Å². The molecule has 1 atom stereocenters. The van der Waals surface area contributed by atoms with E-state index in [4.69, 9.17) is 0 Å². The molecule has 0 radical (unpaired) electrons. The quantitative estimate of drug-likeness (QED) is 0.825. The molecule has 4 heteroatoms. The van der Waals surface area contributed by atoms with Crippen LogP contribution in [0, 0.1) is 0 Å². The lowest BCUT2D eigenvalue weighted by molar-refractivity contribution is 0.633. The number of nitrogens with one attached hydrogen (secondary N) is 1. The third-order valence-electron chi connectivity index (χ3n) is 3.45. The van der Waals surface area contributed by atoms with Crippen molar-refractivity contribution in [1.29, 1.82) is 0 Å². The van der Waals surface area contributed by atoms with Crippen LogP contribution in [0.15, 0.2) is 28.1 Å². The summed E-state index contributed by atoms with van der Waals surface area (Å²) in [7, 11) is 0. The van der Waals surface area contributed by atoms with Crippen LogP contribution in [0.5, 0.6) is 0 Å². The monoisotopic (exact) mass is 247 g/mol. The molecule has 2 aliphatic heterocycles. The molecule has 3 nitrogen and oxygen atoms in total. The Morgan fingerprint density at radius 1 is 1.53 bits per heavy atom. The van der Waals surface area contributed by atoms with Crippen LogP contribution in [-0.4, -0.2) is 38.3 Å². The number of hydrogen-bond acceptors (Lipinski definition) is 4. The summed E-state index contributed by atoms with van der Waals surface area (Å²) in [6.07, 6.45) is 5.14. The molecular weight excluding hydrogens is 230 g/mol. The molecule has 0 saturated carbocycles. The summed E-state index contributed by atoms with van der Waals surface area (Å²) in [6.45, 7) is 3.12. The summed E-state index contributed by atoms with van der Waals surface area (Å²) in [4.78, 5) is 8.07. The second kappa shape index (κ2) is 4.61. The maximum Gasteiger partial charge on any atom is 0.0828 e. The predicted octanol–water partition coefficient (Wildman–Crippen LogP) is 1.77. The van der Waals surface area contributed by atoms with E-state index in [-0.39, 0.29) is 0 Å². The Bertz CT molecular complexity index is 436. The van der Waals surface area contributed by atoms with Crippen LogP contribution in [0.2, 0.25) is 0 Å². The molecule has 90 valence electrons. The van der Waals surface area contributed by atoms with Crippen LogP contribution in [-0.2, 0) is 6.42 Å². The Balaban J connectivity index is 1.77. The van der Waals surface area contributed by atoms with Crippen LogP contribution >= 0.6 is 11.8 Å². The van der Waals surface area contributed by atoms with Gasteiger partial charge in [-0.25, -0.2) is 0 Å². The van der Waals surface area contributed by atoms with E-state index in [9.17, 15) is 0 Å². The number of anilines is 1. The predicted molar refractivity (Wildman–Crippen MR) is 74.4 cm³/mol. The van der Waals surface area contributed by atoms with Gasteiger partial charge in [-0.2, -0.15) is 0 Å². The fourth-order valence-electron chi connectivity index (χ4n) is 2.51. The first-order valence-corrected chi connectivity index (χ1v) is 7.25. The van der Waals surface area contributed by atoms with Gasteiger partial charge in [-0.05, 0) is 30.4 Å². The van der Waals surface area contributed by atoms with Crippen molar-refractivity contribution in [3.05, 3.63) is 23.8 Å². The van der Waals surface area contributed by atoms with Crippen LogP contribution in [0.1, 0.15) is 5.56 Å². The summed E-state index contributed by atoms with van der Waals surface area (Å²) in [5.41, 5.74) is 2.91. The Labute approximate surface area is 106 Å². The van der Waals surface area contributed by atoms with Gasteiger partial charge in [-0.1, -0.05) is 6.07 Å². The molecule has 0 saturated heterocycles. The van der Waals surface area contributed by atoms with Crippen LogP contribution < -0.4 is 10.2 Å². The summed E-state index contributed by atoms with van der Waals surface area (Å²) in [5.74, 6) is 0. The molecular formula is C13H17N3S. The van der Waals surface area contributed by atoms with Gasteiger partial charge in [-0.3, -0.25) is 4.99 Å². The largest absolute Gasteiger partial charge is 0.370 e. The first-order valence-electron chi connectivity index (χ1n) is 6.03. The second-order valence-corrected chi connectivity index (χ2v) is 5.43. The second-order valence-electron chi connectivity index (χ2n) is 4.55. The minimum atomic E-state index is 0.485. The van der Waals surface area contributed by atoms with Crippen LogP contribution in [0.25, 0.3) is 0 Å². The van der Waals surface area contributed by atoms with Crippen molar-refractivity contribution in [3.63, 3.8) is 0 Å². The first-order chi connectivity index (χ1) is 8.36. The molecule has 0 aliphatic carbocycles. The zero-order valence-corrected chi connectivity index (χ0v) is 10.8. The molecule has 3 rings (SSSR count). The molecule has 1 aromatic carbocycles. The molecule has 17 heavy (non-hydrogen) atoms. The number of thioether (sulfide) groups is 1. The van der Waals surface area contributed by atoms with Gasteiger partial charge in [0.15, 0.2) is 0 Å². The molecule has 1 N–H and O–H groups in total.